The molecular formula is C22H22ClN3O2S. The van der Waals surface area contributed by atoms with Crippen LogP contribution in [0, 0.1) is 20.8 Å². The summed E-state index contributed by atoms with van der Waals surface area (Å²) < 4.78 is 1.29. The molecule has 3 aromatic rings. The number of anilines is 1. The molecule has 0 aliphatic heterocycles. The molecule has 0 aliphatic carbocycles. The van der Waals surface area contributed by atoms with E-state index in [1.54, 1.807) is 18.2 Å². The molecule has 0 bridgehead atoms. The Labute approximate surface area is 179 Å². The summed E-state index contributed by atoms with van der Waals surface area (Å²) in [4.78, 5) is 24.9. The number of hydrogen-bond donors (Lipinski definition) is 1. The standard InChI is InChI=1S/C22H22ClN3O2S/c1-13-6-5-7-19(15(13)3)24-22(28)16(4)29-20-10-11-21(27)26(25-20)17-9-8-14(2)18(23)12-17/h5-12,16H,1-4H3,(H,24,28)/t16-/m1/s1. The first-order valence-corrected chi connectivity index (χ1v) is 10.4. The van der Waals surface area contributed by atoms with Gasteiger partial charge in [0, 0.05) is 16.8 Å². The normalized spacial score (nSPS) is 11.9. The Bertz CT molecular complexity index is 1130. The third-order valence-corrected chi connectivity index (χ3v) is 6.14. The molecule has 1 atom stereocenters. The van der Waals surface area contributed by atoms with Gasteiger partial charge in [0.25, 0.3) is 5.56 Å². The number of aryl methyl sites for hydroxylation is 2. The van der Waals surface area contributed by atoms with Crippen molar-refractivity contribution in [3.05, 3.63) is 80.6 Å². The Kier molecular flexibility index (Phi) is 6.45. The lowest BCUT2D eigenvalue weighted by atomic mass is 10.1. The van der Waals surface area contributed by atoms with Gasteiger partial charge in [-0.15, -0.1) is 0 Å². The topological polar surface area (TPSA) is 64.0 Å². The van der Waals surface area contributed by atoms with Crippen LogP contribution in [-0.2, 0) is 4.79 Å². The van der Waals surface area contributed by atoms with Crippen LogP contribution in [0.5, 0.6) is 0 Å². The van der Waals surface area contributed by atoms with Crippen LogP contribution < -0.4 is 10.9 Å². The smallest absolute Gasteiger partial charge is 0.271 e. The lowest BCUT2D eigenvalue weighted by Gasteiger charge is -2.15. The van der Waals surface area contributed by atoms with Crippen molar-refractivity contribution < 1.29 is 4.79 Å². The van der Waals surface area contributed by atoms with Crippen molar-refractivity contribution in [3.63, 3.8) is 0 Å². The molecular weight excluding hydrogens is 406 g/mol. The van der Waals surface area contributed by atoms with Gasteiger partial charge in [-0.25, -0.2) is 0 Å². The van der Waals surface area contributed by atoms with Crippen molar-refractivity contribution in [2.45, 2.75) is 38.0 Å². The van der Waals surface area contributed by atoms with Gasteiger partial charge < -0.3 is 5.32 Å². The first-order valence-electron chi connectivity index (χ1n) is 9.17. The molecule has 1 aromatic heterocycles. The molecule has 3 rings (SSSR count). The van der Waals surface area contributed by atoms with Crippen LogP contribution in [0.3, 0.4) is 0 Å². The van der Waals surface area contributed by atoms with Gasteiger partial charge in [-0.05, 0) is 68.7 Å². The van der Waals surface area contributed by atoms with Crippen LogP contribution in [0.25, 0.3) is 5.69 Å². The van der Waals surface area contributed by atoms with Crippen molar-refractivity contribution >= 4 is 35.0 Å². The summed E-state index contributed by atoms with van der Waals surface area (Å²) in [6.45, 7) is 7.69. The Hall–Kier alpha value is -2.57. The zero-order valence-electron chi connectivity index (χ0n) is 16.7. The zero-order chi connectivity index (χ0) is 21.1. The van der Waals surface area contributed by atoms with Crippen LogP contribution >= 0.6 is 23.4 Å². The van der Waals surface area contributed by atoms with E-state index >= 15 is 0 Å². The molecule has 0 spiro atoms. The summed E-state index contributed by atoms with van der Waals surface area (Å²) in [6, 6.07) is 14.2. The van der Waals surface area contributed by atoms with Gasteiger partial charge >= 0.3 is 0 Å². The summed E-state index contributed by atoms with van der Waals surface area (Å²) in [7, 11) is 0. The number of hydrogen-bond acceptors (Lipinski definition) is 4. The van der Waals surface area contributed by atoms with Crippen molar-refractivity contribution in [3.8, 4) is 5.69 Å². The molecule has 0 aliphatic rings. The van der Waals surface area contributed by atoms with E-state index in [1.807, 2.05) is 52.0 Å². The molecule has 7 heteroatoms. The third-order valence-electron chi connectivity index (χ3n) is 4.71. The number of rotatable bonds is 5. The number of carbonyl (C=O) groups is 1. The van der Waals surface area contributed by atoms with Crippen molar-refractivity contribution in [1.29, 1.82) is 0 Å². The molecule has 0 unspecified atom stereocenters. The van der Waals surface area contributed by atoms with E-state index in [9.17, 15) is 9.59 Å². The number of aromatic nitrogens is 2. The van der Waals surface area contributed by atoms with E-state index in [0.29, 0.717) is 15.7 Å². The average Bonchev–Trinajstić information content (AvgIpc) is 2.69. The van der Waals surface area contributed by atoms with Crippen molar-refractivity contribution in [1.82, 2.24) is 9.78 Å². The summed E-state index contributed by atoms with van der Waals surface area (Å²) in [5.74, 6) is -0.123. The fraction of sp³-hybridized carbons (Fsp3) is 0.227. The Morgan fingerprint density at radius 1 is 1.10 bits per heavy atom. The average molecular weight is 428 g/mol. The highest BCUT2D eigenvalue weighted by Crippen LogP contribution is 2.24. The maximum absolute atomic E-state index is 12.6. The van der Waals surface area contributed by atoms with Crippen molar-refractivity contribution in [2.24, 2.45) is 0 Å². The van der Waals surface area contributed by atoms with Gasteiger partial charge in [-0.3, -0.25) is 9.59 Å². The van der Waals surface area contributed by atoms with E-state index in [-0.39, 0.29) is 11.5 Å². The molecule has 1 heterocycles. The maximum Gasteiger partial charge on any atom is 0.271 e. The second-order valence-electron chi connectivity index (χ2n) is 6.85. The van der Waals surface area contributed by atoms with Crippen LogP contribution in [0.1, 0.15) is 23.6 Å². The molecule has 0 saturated carbocycles. The number of benzene rings is 2. The number of halogens is 1. The number of carbonyl (C=O) groups excluding carboxylic acids is 1. The van der Waals surface area contributed by atoms with E-state index in [0.717, 1.165) is 22.4 Å². The summed E-state index contributed by atoms with van der Waals surface area (Å²) in [5.41, 5.74) is 4.21. The van der Waals surface area contributed by atoms with E-state index in [4.69, 9.17) is 11.6 Å². The molecule has 0 radical (unpaired) electrons. The van der Waals surface area contributed by atoms with Crippen LogP contribution in [0.2, 0.25) is 5.02 Å². The van der Waals surface area contributed by atoms with Gasteiger partial charge in [0.1, 0.15) is 5.03 Å². The molecule has 2 aromatic carbocycles. The number of thioether (sulfide) groups is 1. The lowest BCUT2D eigenvalue weighted by molar-refractivity contribution is -0.115. The molecule has 1 N–H and O–H groups in total. The molecule has 1 amide bonds. The van der Waals surface area contributed by atoms with E-state index in [1.165, 1.54) is 22.5 Å². The molecule has 29 heavy (non-hydrogen) atoms. The van der Waals surface area contributed by atoms with Crippen LogP contribution in [-0.4, -0.2) is 20.9 Å². The first kappa shape index (κ1) is 21.1. The third kappa shape index (κ3) is 4.89. The highest BCUT2D eigenvalue weighted by molar-refractivity contribution is 8.00. The predicted octanol–water partition coefficient (Wildman–Crippen LogP) is 4.93. The monoisotopic (exact) mass is 427 g/mol. The lowest BCUT2D eigenvalue weighted by Crippen LogP contribution is -2.24. The Morgan fingerprint density at radius 2 is 1.86 bits per heavy atom. The van der Waals surface area contributed by atoms with Gasteiger partial charge in [-0.1, -0.05) is 41.6 Å². The predicted molar refractivity (Wildman–Crippen MR) is 119 cm³/mol. The number of nitrogens with zero attached hydrogens (tertiary/aromatic N) is 2. The SMILES string of the molecule is Cc1ccc(-n2nc(S[C@H](C)C(=O)Nc3cccc(C)c3C)ccc2=O)cc1Cl. The maximum atomic E-state index is 12.6. The van der Waals surface area contributed by atoms with Gasteiger partial charge in [0.15, 0.2) is 0 Å². The fourth-order valence-electron chi connectivity index (χ4n) is 2.71. The van der Waals surface area contributed by atoms with Gasteiger partial charge in [0.2, 0.25) is 5.91 Å². The summed E-state index contributed by atoms with van der Waals surface area (Å²) in [5, 5.41) is 8.12. The number of nitrogens with one attached hydrogen (secondary N) is 1. The highest BCUT2D eigenvalue weighted by atomic mass is 35.5. The minimum atomic E-state index is -0.394. The molecule has 0 fully saturated rings. The zero-order valence-corrected chi connectivity index (χ0v) is 18.3. The fourth-order valence-corrected chi connectivity index (χ4v) is 3.69. The van der Waals surface area contributed by atoms with E-state index < -0.39 is 5.25 Å². The summed E-state index contributed by atoms with van der Waals surface area (Å²) >= 11 is 7.47. The van der Waals surface area contributed by atoms with E-state index in [2.05, 4.69) is 10.4 Å². The number of amides is 1. The largest absolute Gasteiger partial charge is 0.325 e. The van der Waals surface area contributed by atoms with Crippen LogP contribution in [0.15, 0.2) is 58.4 Å². The van der Waals surface area contributed by atoms with Crippen molar-refractivity contribution in [2.75, 3.05) is 5.32 Å². The Morgan fingerprint density at radius 3 is 2.59 bits per heavy atom. The molecule has 0 saturated heterocycles. The van der Waals surface area contributed by atoms with Crippen LogP contribution in [0.4, 0.5) is 5.69 Å². The van der Waals surface area contributed by atoms with Gasteiger partial charge in [-0.2, -0.15) is 9.78 Å². The highest BCUT2D eigenvalue weighted by Gasteiger charge is 2.17. The first-order chi connectivity index (χ1) is 13.8. The minimum Gasteiger partial charge on any atom is -0.325 e. The second kappa shape index (κ2) is 8.84. The Balaban J connectivity index is 1.79. The quantitative estimate of drug-likeness (QED) is 0.586. The minimum absolute atomic E-state index is 0.123. The summed E-state index contributed by atoms with van der Waals surface area (Å²) in [6.07, 6.45) is 0. The van der Waals surface area contributed by atoms with Gasteiger partial charge in [0.05, 0.1) is 10.9 Å². The molecule has 5 nitrogen and oxygen atoms in total. The second-order valence-corrected chi connectivity index (χ2v) is 8.62. The molecule has 150 valence electrons.